The second kappa shape index (κ2) is 9.06. The van der Waals surface area contributed by atoms with Crippen LogP contribution >= 0.6 is 0 Å². The summed E-state index contributed by atoms with van der Waals surface area (Å²) >= 11 is 0. The molecule has 0 aliphatic carbocycles. The summed E-state index contributed by atoms with van der Waals surface area (Å²) in [5, 5.41) is 5.25. The van der Waals surface area contributed by atoms with E-state index in [9.17, 15) is 9.18 Å². The zero-order chi connectivity index (χ0) is 16.5. The summed E-state index contributed by atoms with van der Waals surface area (Å²) in [4.78, 5) is 13.9. The molecule has 0 radical (unpaired) electrons. The first-order valence-corrected chi connectivity index (χ1v) is 7.42. The first-order chi connectivity index (χ1) is 10.4. The Kier molecular flexibility index (Phi) is 7.41. The minimum atomic E-state index is -0.356. The van der Waals surface area contributed by atoms with Crippen LogP contribution in [0.1, 0.15) is 27.7 Å². The van der Waals surface area contributed by atoms with Gasteiger partial charge in [-0.15, -0.1) is 0 Å². The molecule has 22 heavy (non-hydrogen) atoms. The lowest BCUT2D eigenvalue weighted by molar-refractivity contribution is 0.200. The molecule has 1 aromatic carbocycles. The van der Waals surface area contributed by atoms with Crippen LogP contribution in [0.25, 0.3) is 0 Å². The predicted octanol–water partition coefficient (Wildman–Crippen LogP) is 3.07. The molecule has 0 aromatic heterocycles. The van der Waals surface area contributed by atoms with Gasteiger partial charge in [-0.05, 0) is 52.0 Å². The third-order valence-electron chi connectivity index (χ3n) is 3.15. The average Bonchev–Trinajstić information content (AvgIpc) is 2.44. The van der Waals surface area contributed by atoms with E-state index in [4.69, 9.17) is 0 Å². The van der Waals surface area contributed by atoms with E-state index >= 15 is 0 Å². The summed E-state index contributed by atoms with van der Waals surface area (Å²) in [7, 11) is 0. The Hall–Kier alpha value is -2.06. The van der Waals surface area contributed by atoms with E-state index in [1.807, 2.05) is 0 Å². The number of benzene rings is 1. The summed E-state index contributed by atoms with van der Waals surface area (Å²) in [5.41, 5.74) is 0.539. The molecule has 1 rings (SSSR count). The van der Waals surface area contributed by atoms with E-state index in [0.717, 1.165) is 0 Å². The topological polar surface area (TPSA) is 44.4 Å². The lowest BCUT2D eigenvalue weighted by Gasteiger charge is -2.28. The SMILES string of the molecule is CC(C)N(CC#CCNC(=O)Nc1ccc(F)cc1)C(C)C. The average molecular weight is 305 g/mol. The smallest absolute Gasteiger partial charge is 0.319 e. The maximum atomic E-state index is 12.7. The lowest BCUT2D eigenvalue weighted by atomic mass is 10.2. The van der Waals surface area contributed by atoms with E-state index in [1.165, 1.54) is 24.3 Å². The molecule has 120 valence electrons. The van der Waals surface area contributed by atoms with Crippen LogP contribution in [0.2, 0.25) is 0 Å². The Labute approximate surface area is 132 Å². The highest BCUT2D eigenvalue weighted by atomic mass is 19.1. The molecule has 0 heterocycles. The number of halogens is 1. The molecule has 0 spiro atoms. The van der Waals surface area contributed by atoms with Gasteiger partial charge in [0.05, 0.1) is 13.1 Å². The van der Waals surface area contributed by atoms with Crippen LogP contribution in [0.5, 0.6) is 0 Å². The minimum absolute atomic E-state index is 0.275. The number of carbonyl (C=O) groups is 1. The van der Waals surface area contributed by atoms with E-state index in [1.54, 1.807) is 0 Å². The summed E-state index contributed by atoms with van der Waals surface area (Å²) < 4.78 is 12.7. The molecule has 0 aliphatic rings. The zero-order valence-corrected chi connectivity index (χ0v) is 13.6. The lowest BCUT2D eigenvalue weighted by Crippen LogP contribution is -2.37. The van der Waals surface area contributed by atoms with Gasteiger partial charge in [0.1, 0.15) is 5.82 Å². The number of anilines is 1. The molecule has 4 nitrogen and oxygen atoms in total. The molecule has 1 aromatic rings. The van der Waals surface area contributed by atoms with Crippen molar-refractivity contribution in [3.8, 4) is 11.8 Å². The molecule has 0 unspecified atom stereocenters. The van der Waals surface area contributed by atoms with Crippen molar-refractivity contribution in [2.45, 2.75) is 39.8 Å². The van der Waals surface area contributed by atoms with Crippen molar-refractivity contribution in [3.05, 3.63) is 30.1 Å². The van der Waals surface area contributed by atoms with Gasteiger partial charge in [-0.1, -0.05) is 11.8 Å². The largest absolute Gasteiger partial charge is 0.327 e. The highest BCUT2D eigenvalue weighted by Crippen LogP contribution is 2.07. The van der Waals surface area contributed by atoms with E-state index in [2.05, 4.69) is 55.1 Å². The molecule has 0 bridgehead atoms. The van der Waals surface area contributed by atoms with E-state index in [0.29, 0.717) is 24.3 Å². The summed E-state index contributed by atoms with van der Waals surface area (Å²) in [5.74, 6) is 5.65. The maximum Gasteiger partial charge on any atom is 0.319 e. The van der Waals surface area contributed by atoms with Crippen LogP contribution in [0.3, 0.4) is 0 Å². The first-order valence-electron chi connectivity index (χ1n) is 7.42. The number of nitrogens with zero attached hydrogens (tertiary/aromatic N) is 1. The monoisotopic (exact) mass is 305 g/mol. The van der Waals surface area contributed by atoms with Gasteiger partial charge in [-0.3, -0.25) is 4.90 Å². The molecular weight excluding hydrogens is 281 g/mol. The van der Waals surface area contributed by atoms with Crippen LogP contribution < -0.4 is 10.6 Å². The van der Waals surface area contributed by atoms with Crippen molar-refractivity contribution in [1.82, 2.24) is 10.2 Å². The Morgan fingerprint density at radius 1 is 1.14 bits per heavy atom. The van der Waals surface area contributed by atoms with Crippen LogP contribution in [0.4, 0.5) is 14.9 Å². The number of hydrogen-bond donors (Lipinski definition) is 2. The number of hydrogen-bond acceptors (Lipinski definition) is 2. The molecule has 0 atom stereocenters. The highest BCUT2D eigenvalue weighted by molar-refractivity contribution is 5.89. The van der Waals surface area contributed by atoms with Crippen molar-refractivity contribution in [2.24, 2.45) is 0 Å². The molecule has 0 fully saturated rings. The van der Waals surface area contributed by atoms with Gasteiger partial charge in [0, 0.05) is 17.8 Å². The number of urea groups is 1. The summed E-state index contributed by atoms with van der Waals surface area (Å²) in [6, 6.07) is 6.11. The predicted molar refractivity (Wildman–Crippen MR) is 88.2 cm³/mol. The van der Waals surface area contributed by atoms with Crippen LogP contribution in [-0.2, 0) is 0 Å². The maximum absolute atomic E-state index is 12.7. The van der Waals surface area contributed by atoms with Crippen molar-refractivity contribution in [1.29, 1.82) is 0 Å². The normalized spacial score (nSPS) is 10.5. The standard InChI is InChI=1S/C17H24FN3O/c1-13(2)21(14(3)4)12-6-5-11-19-17(22)20-16-9-7-15(18)8-10-16/h7-10,13-14H,11-12H2,1-4H3,(H2,19,20,22). The second-order valence-electron chi connectivity index (χ2n) is 5.53. The second-order valence-corrected chi connectivity index (χ2v) is 5.53. The fourth-order valence-electron chi connectivity index (χ4n) is 2.00. The number of nitrogens with one attached hydrogen (secondary N) is 2. The van der Waals surface area contributed by atoms with Gasteiger partial charge in [0.25, 0.3) is 0 Å². The first kappa shape index (κ1) is 18.0. The van der Waals surface area contributed by atoms with Gasteiger partial charge >= 0.3 is 6.03 Å². The van der Waals surface area contributed by atoms with Gasteiger partial charge in [0.15, 0.2) is 0 Å². The van der Waals surface area contributed by atoms with Crippen molar-refractivity contribution >= 4 is 11.7 Å². The number of carbonyl (C=O) groups excluding carboxylic acids is 1. The molecule has 0 saturated heterocycles. The van der Waals surface area contributed by atoms with Gasteiger partial charge < -0.3 is 10.6 Å². The zero-order valence-electron chi connectivity index (χ0n) is 13.6. The Morgan fingerprint density at radius 2 is 1.73 bits per heavy atom. The van der Waals surface area contributed by atoms with E-state index < -0.39 is 0 Å². The van der Waals surface area contributed by atoms with Crippen molar-refractivity contribution < 1.29 is 9.18 Å². The fourth-order valence-corrected chi connectivity index (χ4v) is 2.00. The molecule has 2 amide bonds. The van der Waals surface area contributed by atoms with Crippen LogP contribution in [0.15, 0.2) is 24.3 Å². The minimum Gasteiger partial charge on any atom is -0.327 e. The Morgan fingerprint density at radius 3 is 2.27 bits per heavy atom. The number of rotatable bonds is 5. The molecule has 0 aliphatic heterocycles. The van der Waals surface area contributed by atoms with Gasteiger partial charge in [-0.2, -0.15) is 0 Å². The van der Waals surface area contributed by atoms with Crippen molar-refractivity contribution in [2.75, 3.05) is 18.4 Å². The Balaban J connectivity index is 2.33. The fraction of sp³-hybridized carbons (Fsp3) is 0.471. The highest BCUT2D eigenvalue weighted by Gasteiger charge is 2.10. The Bertz CT molecular complexity index is 521. The third-order valence-corrected chi connectivity index (χ3v) is 3.15. The van der Waals surface area contributed by atoms with Crippen LogP contribution in [0, 0.1) is 17.7 Å². The third kappa shape index (κ3) is 6.59. The van der Waals surface area contributed by atoms with Crippen LogP contribution in [-0.4, -0.2) is 36.1 Å². The molecule has 2 N–H and O–H groups in total. The van der Waals surface area contributed by atoms with E-state index in [-0.39, 0.29) is 18.4 Å². The van der Waals surface area contributed by atoms with Crippen molar-refractivity contribution in [3.63, 3.8) is 0 Å². The number of amides is 2. The molecular formula is C17H24FN3O. The summed E-state index contributed by atoms with van der Waals surface area (Å²) in [6.07, 6.45) is 0. The van der Waals surface area contributed by atoms with Gasteiger partial charge in [0.2, 0.25) is 0 Å². The van der Waals surface area contributed by atoms with Gasteiger partial charge in [-0.25, -0.2) is 9.18 Å². The molecule has 5 heteroatoms. The summed E-state index contributed by atoms with van der Waals surface area (Å²) in [6.45, 7) is 9.49. The quantitative estimate of drug-likeness (QED) is 0.821. The molecule has 0 saturated carbocycles.